The minimum absolute atomic E-state index is 0.103. The largest absolute Gasteiger partial charge is 0.494 e. The van der Waals surface area contributed by atoms with Crippen LogP contribution in [-0.2, 0) is 6.54 Å². The molecular formula is C18H13Cl2N3O3. The summed E-state index contributed by atoms with van der Waals surface area (Å²) in [5.41, 5.74) is -0.395. The molecule has 0 aliphatic carbocycles. The van der Waals surface area contributed by atoms with Crippen LogP contribution in [0.2, 0.25) is 10.0 Å². The van der Waals surface area contributed by atoms with E-state index in [2.05, 4.69) is 9.98 Å². The number of hydrogen-bond acceptors (Lipinski definition) is 4. The quantitative estimate of drug-likeness (QED) is 0.670. The lowest BCUT2D eigenvalue weighted by Crippen LogP contribution is -2.32. The monoisotopic (exact) mass is 389 g/mol. The second kappa shape index (κ2) is 7.59. The smallest absolute Gasteiger partial charge is 0.331 e. The number of hydrogen-bond donors (Lipinski definition) is 2. The Morgan fingerprint density at radius 1 is 1.08 bits per heavy atom. The molecule has 0 aliphatic rings. The number of aromatic hydroxyl groups is 1. The van der Waals surface area contributed by atoms with Crippen molar-refractivity contribution in [2.45, 2.75) is 6.54 Å². The molecule has 2 N–H and O–H groups in total. The zero-order chi connectivity index (χ0) is 18.7. The summed E-state index contributed by atoms with van der Waals surface area (Å²) in [7, 11) is 0. The summed E-state index contributed by atoms with van der Waals surface area (Å²) in [4.78, 5) is 30.4. The number of halogens is 2. The maximum absolute atomic E-state index is 12.0. The third kappa shape index (κ3) is 4.04. The van der Waals surface area contributed by atoms with Gasteiger partial charge in [0.1, 0.15) is 5.56 Å². The van der Waals surface area contributed by atoms with E-state index < -0.39 is 17.1 Å². The topological polar surface area (TPSA) is 87.5 Å². The number of H-pyrrole nitrogens is 1. The predicted octanol–water partition coefficient (Wildman–Crippen LogP) is 3.35. The fourth-order valence-electron chi connectivity index (χ4n) is 2.36. The highest BCUT2D eigenvalue weighted by atomic mass is 35.5. The highest BCUT2D eigenvalue weighted by Crippen LogP contribution is 2.24. The normalized spacial score (nSPS) is 11.2. The standard InChI is InChI=1S/C18H13Cl2N3O3/c19-12-6-13(20)8-14(7-12)21-9-15-16(24)22-18(26)23(17(15)25)10-11-4-2-1-3-5-11/h1-9,25H,10H2,(H,22,24,26). The molecule has 0 saturated carbocycles. The number of aromatic amines is 1. The molecule has 0 unspecified atom stereocenters. The van der Waals surface area contributed by atoms with Crippen LogP contribution in [0.3, 0.4) is 0 Å². The molecule has 0 saturated heterocycles. The lowest BCUT2D eigenvalue weighted by Gasteiger charge is -2.09. The third-order valence-corrected chi connectivity index (χ3v) is 4.02. The second-order valence-electron chi connectivity index (χ2n) is 5.45. The summed E-state index contributed by atoms with van der Waals surface area (Å²) in [5, 5.41) is 11.2. The molecule has 0 fully saturated rings. The molecule has 1 aromatic heterocycles. The van der Waals surface area contributed by atoms with Crippen LogP contribution in [0.4, 0.5) is 5.69 Å². The first-order valence-electron chi connectivity index (χ1n) is 7.54. The second-order valence-corrected chi connectivity index (χ2v) is 6.33. The third-order valence-electron chi connectivity index (χ3n) is 3.58. The molecule has 0 spiro atoms. The SMILES string of the molecule is O=c1[nH]c(=O)n(Cc2ccccc2)c(O)c1C=Nc1cc(Cl)cc(Cl)c1. The lowest BCUT2D eigenvalue weighted by molar-refractivity contribution is 0.408. The fraction of sp³-hybridized carbons (Fsp3) is 0.0556. The van der Waals surface area contributed by atoms with E-state index in [9.17, 15) is 14.7 Å². The van der Waals surface area contributed by atoms with Crippen LogP contribution in [0.25, 0.3) is 0 Å². The number of aromatic nitrogens is 2. The van der Waals surface area contributed by atoms with Gasteiger partial charge in [0.25, 0.3) is 5.56 Å². The number of nitrogens with zero attached hydrogens (tertiary/aromatic N) is 2. The van der Waals surface area contributed by atoms with E-state index in [1.54, 1.807) is 30.3 Å². The number of benzene rings is 2. The van der Waals surface area contributed by atoms with Gasteiger partial charge in [-0.1, -0.05) is 53.5 Å². The van der Waals surface area contributed by atoms with Gasteiger partial charge >= 0.3 is 5.69 Å². The van der Waals surface area contributed by atoms with E-state index in [1.807, 2.05) is 18.2 Å². The molecule has 3 aromatic rings. The Kier molecular flexibility index (Phi) is 5.25. The van der Waals surface area contributed by atoms with Crippen molar-refractivity contribution < 1.29 is 5.11 Å². The Balaban J connectivity index is 2.02. The van der Waals surface area contributed by atoms with Crippen molar-refractivity contribution in [1.82, 2.24) is 9.55 Å². The van der Waals surface area contributed by atoms with Crippen molar-refractivity contribution in [3.8, 4) is 5.88 Å². The van der Waals surface area contributed by atoms with Crippen molar-refractivity contribution >= 4 is 35.1 Å². The maximum atomic E-state index is 12.0. The van der Waals surface area contributed by atoms with Crippen molar-refractivity contribution in [3.05, 3.63) is 90.5 Å². The van der Waals surface area contributed by atoms with Crippen molar-refractivity contribution in [3.63, 3.8) is 0 Å². The fourth-order valence-corrected chi connectivity index (χ4v) is 2.87. The van der Waals surface area contributed by atoms with Gasteiger partial charge in [0.15, 0.2) is 0 Å². The average molecular weight is 390 g/mol. The van der Waals surface area contributed by atoms with Crippen molar-refractivity contribution in [2.75, 3.05) is 0 Å². The molecule has 26 heavy (non-hydrogen) atoms. The van der Waals surface area contributed by atoms with Crippen LogP contribution in [0.15, 0.2) is 63.1 Å². The number of rotatable bonds is 4. The summed E-state index contributed by atoms with van der Waals surface area (Å²) in [6.45, 7) is 0.103. The molecule has 8 heteroatoms. The molecule has 0 atom stereocenters. The summed E-state index contributed by atoms with van der Waals surface area (Å²) in [5.74, 6) is -0.473. The maximum Gasteiger partial charge on any atom is 0.331 e. The molecule has 0 radical (unpaired) electrons. The van der Waals surface area contributed by atoms with Gasteiger partial charge in [0.05, 0.1) is 12.2 Å². The Morgan fingerprint density at radius 2 is 1.73 bits per heavy atom. The van der Waals surface area contributed by atoms with Gasteiger partial charge in [-0.05, 0) is 23.8 Å². The predicted molar refractivity (Wildman–Crippen MR) is 102 cm³/mol. The van der Waals surface area contributed by atoms with Crippen LogP contribution in [0, 0.1) is 0 Å². The van der Waals surface area contributed by atoms with Crippen LogP contribution in [0.1, 0.15) is 11.1 Å². The molecule has 2 aromatic carbocycles. The lowest BCUT2D eigenvalue weighted by atomic mass is 10.2. The van der Waals surface area contributed by atoms with Gasteiger partial charge in [-0.15, -0.1) is 0 Å². The minimum Gasteiger partial charge on any atom is -0.494 e. The van der Waals surface area contributed by atoms with Gasteiger partial charge in [0.2, 0.25) is 5.88 Å². The zero-order valence-corrected chi connectivity index (χ0v) is 14.8. The molecule has 132 valence electrons. The first-order valence-corrected chi connectivity index (χ1v) is 8.30. The van der Waals surface area contributed by atoms with Gasteiger partial charge in [-0.3, -0.25) is 19.3 Å². The van der Waals surface area contributed by atoms with Crippen LogP contribution in [0.5, 0.6) is 5.88 Å². The molecule has 6 nitrogen and oxygen atoms in total. The Morgan fingerprint density at radius 3 is 2.38 bits per heavy atom. The van der Waals surface area contributed by atoms with Crippen LogP contribution < -0.4 is 11.2 Å². The molecule has 0 amide bonds. The summed E-state index contributed by atoms with van der Waals surface area (Å²) in [6, 6.07) is 13.7. The highest BCUT2D eigenvalue weighted by molar-refractivity contribution is 6.35. The van der Waals surface area contributed by atoms with Crippen molar-refractivity contribution in [2.24, 2.45) is 4.99 Å². The minimum atomic E-state index is -0.742. The summed E-state index contributed by atoms with van der Waals surface area (Å²) >= 11 is 11.8. The summed E-state index contributed by atoms with van der Waals surface area (Å²) < 4.78 is 1.06. The van der Waals surface area contributed by atoms with Crippen LogP contribution in [-0.4, -0.2) is 20.9 Å². The summed E-state index contributed by atoms with van der Waals surface area (Å²) in [6.07, 6.45) is 1.16. The van der Waals surface area contributed by atoms with Gasteiger partial charge < -0.3 is 5.11 Å². The zero-order valence-electron chi connectivity index (χ0n) is 13.3. The van der Waals surface area contributed by atoms with E-state index in [-0.39, 0.29) is 12.1 Å². The van der Waals surface area contributed by atoms with E-state index in [0.29, 0.717) is 15.7 Å². The Labute approximate surface area is 158 Å². The molecule has 0 bridgehead atoms. The van der Waals surface area contributed by atoms with Crippen molar-refractivity contribution in [1.29, 1.82) is 0 Å². The Bertz CT molecular complexity index is 1070. The van der Waals surface area contributed by atoms with E-state index in [1.165, 1.54) is 0 Å². The van der Waals surface area contributed by atoms with Crippen LogP contribution >= 0.6 is 23.2 Å². The first kappa shape index (κ1) is 18.0. The number of aliphatic imine (C=N–C) groups is 1. The van der Waals surface area contributed by atoms with E-state index in [4.69, 9.17) is 23.2 Å². The Hall–Kier alpha value is -2.83. The molecular weight excluding hydrogens is 377 g/mol. The number of nitrogens with one attached hydrogen (secondary N) is 1. The highest BCUT2D eigenvalue weighted by Gasteiger charge is 2.13. The van der Waals surface area contributed by atoms with Gasteiger partial charge in [0, 0.05) is 16.3 Å². The molecule has 0 aliphatic heterocycles. The van der Waals surface area contributed by atoms with Gasteiger partial charge in [-0.25, -0.2) is 4.79 Å². The first-order chi connectivity index (χ1) is 12.4. The molecule has 3 rings (SSSR count). The average Bonchev–Trinajstić information content (AvgIpc) is 2.58. The van der Waals surface area contributed by atoms with E-state index >= 15 is 0 Å². The van der Waals surface area contributed by atoms with E-state index in [0.717, 1.165) is 16.3 Å². The van der Waals surface area contributed by atoms with Gasteiger partial charge in [-0.2, -0.15) is 0 Å². The molecule has 1 heterocycles.